The first-order chi connectivity index (χ1) is 8.16. The van der Waals surface area contributed by atoms with Crippen molar-refractivity contribution in [2.24, 2.45) is 0 Å². The third-order valence-corrected chi connectivity index (χ3v) is 2.65. The molecule has 2 heterocycles. The molecule has 90 valence electrons. The molecule has 0 radical (unpaired) electrons. The Morgan fingerprint density at radius 1 is 1.35 bits per heavy atom. The third-order valence-electron chi connectivity index (χ3n) is 1.75. The van der Waals surface area contributed by atoms with E-state index in [4.69, 9.17) is 14.9 Å². The Hall–Kier alpha value is -1.76. The number of oxazole rings is 1. The van der Waals surface area contributed by atoms with Gasteiger partial charge in [-0.15, -0.1) is 0 Å². The lowest BCUT2D eigenvalue weighted by Crippen LogP contribution is -2.09. The van der Waals surface area contributed by atoms with Gasteiger partial charge in [0, 0.05) is 0 Å². The zero-order valence-electron chi connectivity index (χ0n) is 9.45. The molecule has 0 unspecified atom stereocenters. The van der Waals surface area contributed by atoms with Crippen molar-refractivity contribution in [1.82, 2.24) is 15.0 Å². The number of rotatable bonds is 4. The van der Waals surface area contributed by atoms with E-state index >= 15 is 0 Å². The van der Waals surface area contributed by atoms with Gasteiger partial charge in [-0.2, -0.15) is 4.98 Å². The molecule has 7 heteroatoms. The molecule has 0 atom stereocenters. The summed E-state index contributed by atoms with van der Waals surface area (Å²) in [4.78, 5) is 12.0. The molecule has 2 aromatic rings. The Bertz CT molecular complexity index is 487. The van der Waals surface area contributed by atoms with Crippen LogP contribution in [0, 0.1) is 0 Å². The Morgan fingerprint density at radius 2 is 2.18 bits per heavy atom. The topological polar surface area (TPSA) is 87.1 Å². The largest absolute Gasteiger partial charge is 0.473 e. The Kier molecular flexibility index (Phi) is 3.48. The van der Waals surface area contributed by atoms with Crippen LogP contribution in [0.2, 0.25) is 0 Å². The van der Waals surface area contributed by atoms with Crippen molar-refractivity contribution in [3.8, 4) is 5.88 Å². The molecule has 6 nitrogen and oxygen atoms in total. The van der Waals surface area contributed by atoms with Gasteiger partial charge in [0.2, 0.25) is 5.88 Å². The lowest BCUT2D eigenvalue weighted by atomic mass is 10.4. The van der Waals surface area contributed by atoms with E-state index in [9.17, 15) is 0 Å². The van der Waals surface area contributed by atoms with E-state index in [0.717, 1.165) is 0 Å². The lowest BCUT2D eigenvalue weighted by molar-refractivity contribution is 0.233. The minimum absolute atomic E-state index is 0.00628. The van der Waals surface area contributed by atoms with Gasteiger partial charge in [-0.3, -0.25) is 0 Å². The summed E-state index contributed by atoms with van der Waals surface area (Å²) >= 11 is 1.23. The number of anilines is 1. The Labute approximate surface area is 103 Å². The Balaban J connectivity index is 2.23. The van der Waals surface area contributed by atoms with E-state index in [1.54, 1.807) is 6.20 Å². The van der Waals surface area contributed by atoms with Crippen LogP contribution in [0.25, 0.3) is 0 Å². The second-order valence-electron chi connectivity index (χ2n) is 3.46. The molecule has 0 aliphatic carbocycles. The van der Waals surface area contributed by atoms with E-state index in [-0.39, 0.29) is 6.10 Å². The Morgan fingerprint density at radius 3 is 2.82 bits per heavy atom. The maximum Gasteiger partial charge on any atom is 0.262 e. The summed E-state index contributed by atoms with van der Waals surface area (Å²) in [6.07, 6.45) is 4.46. The average Bonchev–Trinajstić information content (AvgIpc) is 2.76. The van der Waals surface area contributed by atoms with Gasteiger partial charge in [0.15, 0.2) is 0 Å². The molecule has 2 N–H and O–H groups in total. The summed E-state index contributed by atoms with van der Waals surface area (Å²) in [5.74, 6) is 0.379. The van der Waals surface area contributed by atoms with Crippen molar-refractivity contribution in [2.45, 2.75) is 30.2 Å². The quantitative estimate of drug-likeness (QED) is 0.832. The van der Waals surface area contributed by atoms with Gasteiger partial charge >= 0.3 is 0 Å². The molecule has 0 aliphatic heterocycles. The predicted octanol–water partition coefficient (Wildman–Crippen LogP) is 1.99. The van der Waals surface area contributed by atoms with Gasteiger partial charge in [-0.05, 0) is 25.6 Å². The van der Waals surface area contributed by atoms with E-state index in [1.165, 1.54) is 24.4 Å². The summed E-state index contributed by atoms with van der Waals surface area (Å²) in [5.41, 5.74) is 6.30. The fraction of sp³-hybridized carbons (Fsp3) is 0.300. The number of hydrogen-bond donors (Lipinski definition) is 1. The first kappa shape index (κ1) is 11.7. The number of nitrogens with zero attached hydrogens (tertiary/aromatic N) is 3. The minimum atomic E-state index is 0.00628. The SMILES string of the molecule is CC(C)Oc1ncnc(Sc2ncco2)c1N. The van der Waals surface area contributed by atoms with E-state index < -0.39 is 0 Å². The van der Waals surface area contributed by atoms with Crippen molar-refractivity contribution in [3.63, 3.8) is 0 Å². The molecular weight excluding hydrogens is 240 g/mol. The first-order valence-corrected chi connectivity index (χ1v) is 5.83. The predicted molar refractivity (Wildman–Crippen MR) is 62.8 cm³/mol. The van der Waals surface area contributed by atoms with Crippen molar-refractivity contribution in [1.29, 1.82) is 0 Å². The zero-order chi connectivity index (χ0) is 12.3. The summed E-state index contributed by atoms with van der Waals surface area (Å²) in [7, 11) is 0. The van der Waals surface area contributed by atoms with Crippen LogP contribution >= 0.6 is 11.8 Å². The van der Waals surface area contributed by atoms with Crippen LogP contribution < -0.4 is 10.5 Å². The molecule has 0 aliphatic rings. The van der Waals surface area contributed by atoms with E-state index in [0.29, 0.717) is 21.8 Å². The highest BCUT2D eigenvalue weighted by Crippen LogP contribution is 2.33. The van der Waals surface area contributed by atoms with Crippen LogP contribution in [0.4, 0.5) is 5.69 Å². The average molecular weight is 252 g/mol. The highest BCUT2D eigenvalue weighted by atomic mass is 32.2. The monoisotopic (exact) mass is 252 g/mol. The molecule has 0 fully saturated rings. The molecule has 0 amide bonds. The standard InChI is InChI=1S/C10H12N4O2S/c1-6(2)16-8-7(11)9(14-5-13-8)17-10-12-3-4-15-10/h3-6H,11H2,1-2H3. The van der Waals surface area contributed by atoms with Gasteiger partial charge in [-0.25, -0.2) is 9.97 Å². The lowest BCUT2D eigenvalue weighted by Gasteiger charge is -2.11. The second kappa shape index (κ2) is 5.05. The van der Waals surface area contributed by atoms with Crippen LogP contribution in [0.15, 0.2) is 33.5 Å². The van der Waals surface area contributed by atoms with Gasteiger partial charge in [0.05, 0.1) is 12.3 Å². The molecule has 17 heavy (non-hydrogen) atoms. The number of aromatic nitrogens is 3. The van der Waals surface area contributed by atoms with Crippen molar-refractivity contribution in [2.75, 3.05) is 5.73 Å². The maximum atomic E-state index is 5.91. The molecule has 0 saturated heterocycles. The summed E-state index contributed by atoms with van der Waals surface area (Å²) < 4.78 is 10.6. The second-order valence-corrected chi connectivity index (χ2v) is 4.40. The molecule has 0 aromatic carbocycles. The number of nitrogens with two attached hydrogens (primary N) is 1. The molecule has 2 aromatic heterocycles. The van der Waals surface area contributed by atoms with E-state index in [1.807, 2.05) is 13.8 Å². The van der Waals surface area contributed by atoms with Crippen LogP contribution in [0.3, 0.4) is 0 Å². The third kappa shape index (κ3) is 2.88. The number of ether oxygens (including phenoxy) is 1. The smallest absolute Gasteiger partial charge is 0.262 e. The molecule has 2 rings (SSSR count). The van der Waals surface area contributed by atoms with Crippen LogP contribution in [-0.4, -0.2) is 21.1 Å². The number of hydrogen-bond acceptors (Lipinski definition) is 7. The summed E-state index contributed by atoms with van der Waals surface area (Å²) in [6, 6.07) is 0. The highest BCUT2D eigenvalue weighted by molar-refractivity contribution is 7.99. The van der Waals surface area contributed by atoms with Crippen molar-refractivity contribution >= 4 is 17.4 Å². The van der Waals surface area contributed by atoms with Gasteiger partial charge in [-0.1, -0.05) is 0 Å². The normalized spacial score (nSPS) is 10.8. The fourth-order valence-electron chi connectivity index (χ4n) is 1.11. The van der Waals surface area contributed by atoms with E-state index in [2.05, 4.69) is 15.0 Å². The summed E-state index contributed by atoms with van der Waals surface area (Å²) in [5, 5.41) is 1.05. The number of nitrogen functional groups attached to an aromatic ring is 1. The van der Waals surface area contributed by atoms with Crippen molar-refractivity contribution < 1.29 is 9.15 Å². The van der Waals surface area contributed by atoms with Crippen LogP contribution in [-0.2, 0) is 0 Å². The maximum absolute atomic E-state index is 5.91. The first-order valence-electron chi connectivity index (χ1n) is 5.01. The van der Waals surface area contributed by atoms with Crippen LogP contribution in [0.1, 0.15) is 13.8 Å². The fourth-order valence-corrected chi connectivity index (χ4v) is 1.79. The molecule has 0 spiro atoms. The molecule has 0 saturated carbocycles. The van der Waals surface area contributed by atoms with Gasteiger partial charge in [0.1, 0.15) is 23.3 Å². The summed E-state index contributed by atoms with van der Waals surface area (Å²) in [6.45, 7) is 3.81. The van der Waals surface area contributed by atoms with Crippen LogP contribution in [0.5, 0.6) is 5.88 Å². The van der Waals surface area contributed by atoms with Gasteiger partial charge in [0.25, 0.3) is 5.22 Å². The zero-order valence-corrected chi connectivity index (χ0v) is 10.3. The molecular formula is C10H12N4O2S. The van der Waals surface area contributed by atoms with Crippen molar-refractivity contribution in [3.05, 3.63) is 18.8 Å². The van der Waals surface area contributed by atoms with Gasteiger partial charge < -0.3 is 14.9 Å². The molecule has 0 bridgehead atoms. The minimum Gasteiger partial charge on any atom is -0.473 e. The highest BCUT2D eigenvalue weighted by Gasteiger charge is 2.13.